The number of ether oxygens (including phenoxy) is 1. The second-order valence-corrected chi connectivity index (χ2v) is 9.82. The van der Waals surface area contributed by atoms with Gasteiger partial charge in [0.05, 0.1) is 7.11 Å². The summed E-state index contributed by atoms with van der Waals surface area (Å²) in [6.45, 7) is 5.21. The zero-order valence-electron chi connectivity index (χ0n) is 17.4. The van der Waals surface area contributed by atoms with E-state index in [1.165, 1.54) is 0 Å². The van der Waals surface area contributed by atoms with Crippen molar-refractivity contribution in [2.75, 3.05) is 32.1 Å². The molecule has 1 fully saturated rings. The summed E-state index contributed by atoms with van der Waals surface area (Å²) < 4.78 is 3.74. The Labute approximate surface area is 196 Å². The molecule has 6 nitrogen and oxygen atoms in total. The van der Waals surface area contributed by atoms with Crippen LogP contribution in [0.3, 0.4) is 0 Å². The summed E-state index contributed by atoms with van der Waals surface area (Å²) in [5.74, 6) is 1.72. The second kappa shape index (κ2) is 9.33. The van der Waals surface area contributed by atoms with Crippen molar-refractivity contribution in [3.63, 3.8) is 0 Å². The third-order valence-corrected chi connectivity index (χ3v) is 6.03. The van der Waals surface area contributed by atoms with Crippen LogP contribution in [0.5, 0.6) is 5.75 Å². The second-order valence-electron chi connectivity index (χ2n) is 7.54. The summed E-state index contributed by atoms with van der Waals surface area (Å²) in [5.41, 5.74) is 0.816. The van der Waals surface area contributed by atoms with E-state index in [0.717, 1.165) is 54.6 Å². The van der Waals surface area contributed by atoms with E-state index >= 15 is 0 Å². The van der Waals surface area contributed by atoms with Crippen molar-refractivity contribution < 1.29 is 4.74 Å². The van der Waals surface area contributed by atoms with Gasteiger partial charge in [0.1, 0.15) is 5.75 Å². The van der Waals surface area contributed by atoms with Crippen LogP contribution in [-0.4, -0.2) is 52.6 Å². The molecule has 0 spiro atoms. The number of nitrogens with one attached hydrogen (secondary N) is 1. The third-order valence-electron chi connectivity index (χ3n) is 5.52. The number of fused-ring (bicyclic) bond motifs is 1. The van der Waals surface area contributed by atoms with Crippen LogP contribution >= 0.6 is 34.8 Å². The van der Waals surface area contributed by atoms with Crippen molar-refractivity contribution in [3.05, 3.63) is 42.2 Å². The van der Waals surface area contributed by atoms with Gasteiger partial charge in [0.15, 0.2) is 11.6 Å². The van der Waals surface area contributed by atoms with Crippen LogP contribution in [0, 0.1) is 0 Å². The zero-order chi connectivity index (χ0) is 22.0. The van der Waals surface area contributed by atoms with Gasteiger partial charge in [0, 0.05) is 23.5 Å². The lowest BCUT2D eigenvalue weighted by Crippen LogP contribution is -2.42. The molecular formula is C22H24Cl3N5O. The number of rotatable bonds is 5. The number of piperidine rings is 1. The topological polar surface area (TPSA) is 63.2 Å². The number of hydrogen-bond donors (Lipinski definition) is 1. The van der Waals surface area contributed by atoms with E-state index in [-0.39, 0.29) is 11.9 Å². The molecule has 0 amide bonds. The first kappa shape index (κ1) is 22.3. The third kappa shape index (κ3) is 4.98. The highest BCUT2D eigenvalue weighted by Crippen LogP contribution is 2.38. The van der Waals surface area contributed by atoms with E-state index in [1.807, 2.05) is 36.4 Å². The number of anilines is 1. The normalized spacial score (nSPS) is 17.6. The molecule has 2 aromatic carbocycles. The van der Waals surface area contributed by atoms with Crippen molar-refractivity contribution in [1.82, 2.24) is 19.9 Å². The monoisotopic (exact) mass is 479 g/mol. The lowest BCUT2D eigenvalue weighted by atomic mass is 10.0. The quantitative estimate of drug-likeness (QED) is 0.492. The Balaban J connectivity index is 1.78. The molecule has 1 aromatic heterocycles. The maximum atomic E-state index is 6.17. The van der Waals surface area contributed by atoms with E-state index in [2.05, 4.69) is 27.1 Å². The minimum Gasteiger partial charge on any atom is -0.496 e. The molecule has 164 valence electrons. The smallest absolute Gasteiger partial charge is 0.250 e. The number of halogens is 3. The molecule has 4 rings (SSSR count). The van der Waals surface area contributed by atoms with Gasteiger partial charge in [0.2, 0.25) is 9.74 Å². The van der Waals surface area contributed by atoms with Crippen LogP contribution in [0.25, 0.3) is 22.2 Å². The summed E-state index contributed by atoms with van der Waals surface area (Å²) in [6, 6.07) is 12.0. The van der Waals surface area contributed by atoms with Gasteiger partial charge in [-0.3, -0.25) is 0 Å². The van der Waals surface area contributed by atoms with Crippen LogP contribution in [0.2, 0.25) is 0 Å². The van der Waals surface area contributed by atoms with E-state index in [4.69, 9.17) is 44.5 Å². The first-order valence-corrected chi connectivity index (χ1v) is 11.4. The number of methoxy groups -OCH3 is 1. The largest absolute Gasteiger partial charge is 0.496 e. The highest BCUT2D eigenvalue weighted by Gasteiger charge is 2.29. The van der Waals surface area contributed by atoms with Gasteiger partial charge in [-0.15, -0.1) is 0 Å². The molecule has 2 heterocycles. The van der Waals surface area contributed by atoms with Gasteiger partial charge in [0.25, 0.3) is 0 Å². The average Bonchev–Trinajstić information content (AvgIpc) is 2.77. The average molecular weight is 481 g/mol. The number of likely N-dealkylation sites (tertiary alicyclic amines) is 1. The van der Waals surface area contributed by atoms with Crippen LogP contribution < -0.4 is 10.1 Å². The number of nitrogens with zero attached hydrogens (tertiary/aromatic N) is 4. The Morgan fingerprint density at radius 3 is 2.58 bits per heavy atom. The fourth-order valence-corrected chi connectivity index (χ4v) is 4.23. The Morgan fingerprint density at radius 1 is 1.10 bits per heavy atom. The number of likely N-dealkylation sites (N-methyl/N-ethyl adjacent to an activating group) is 1. The molecule has 31 heavy (non-hydrogen) atoms. The molecule has 1 N–H and O–H groups in total. The molecule has 1 aliphatic heterocycles. The number of benzene rings is 2. The Kier molecular flexibility index (Phi) is 6.72. The van der Waals surface area contributed by atoms with E-state index < -0.39 is 3.79 Å². The summed E-state index contributed by atoms with van der Waals surface area (Å²) in [6.07, 6.45) is 2.15. The van der Waals surface area contributed by atoms with Crippen molar-refractivity contribution in [2.24, 2.45) is 0 Å². The maximum absolute atomic E-state index is 6.17. The van der Waals surface area contributed by atoms with Gasteiger partial charge in [-0.05, 0) is 43.5 Å². The predicted octanol–water partition coefficient (Wildman–Crippen LogP) is 5.42. The maximum Gasteiger partial charge on any atom is 0.250 e. The van der Waals surface area contributed by atoms with Gasteiger partial charge in [-0.25, -0.2) is 4.98 Å². The lowest BCUT2D eigenvalue weighted by molar-refractivity contribution is 0.226. The van der Waals surface area contributed by atoms with Crippen molar-refractivity contribution in [2.45, 2.75) is 29.6 Å². The molecule has 1 unspecified atom stereocenters. The molecule has 3 aromatic rings. The van der Waals surface area contributed by atoms with E-state index in [1.54, 1.807) is 7.11 Å². The molecule has 1 aliphatic rings. The highest BCUT2D eigenvalue weighted by molar-refractivity contribution is 6.66. The molecule has 0 aliphatic carbocycles. The van der Waals surface area contributed by atoms with Crippen LogP contribution in [0.15, 0.2) is 36.4 Å². The summed E-state index contributed by atoms with van der Waals surface area (Å²) in [5, 5.41) is 5.34. The fourth-order valence-electron chi connectivity index (χ4n) is 3.98. The molecule has 1 saturated heterocycles. The van der Waals surface area contributed by atoms with Crippen molar-refractivity contribution >= 4 is 51.5 Å². The number of alkyl halides is 3. The standard InChI is InChI=1S/C22H24Cl3N5O/c1-3-30-12-6-7-14(13-30)26-21-28-19(27-20(29-21)22(23,24)25)17-10-11-18(31-2)16-9-5-4-8-15(16)17/h4-5,8-11,14H,3,6-7,12-13H2,1-2H3,(H,26,27,28,29). The Bertz CT molecular complexity index is 1070. The zero-order valence-corrected chi connectivity index (χ0v) is 19.7. The minimum absolute atomic E-state index is 0.0908. The first-order chi connectivity index (χ1) is 14.9. The Hall–Kier alpha value is -1.86. The molecule has 0 radical (unpaired) electrons. The van der Waals surface area contributed by atoms with Crippen molar-refractivity contribution in [1.29, 1.82) is 0 Å². The lowest BCUT2D eigenvalue weighted by Gasteiger charge is -2.32. The molecule has 1 atom stereocenters. The van der Waals surface area contributed by atoms with Gasteiger partial charge >= 0.3 is 0 Å². The van der Waals surface area contributed by atoms with Crippen molar-refractivity contribution in [3.8, 4) is 17.1 Å². The Morgan fingerprint density at radius 2 is 1.87 bits per heavy atom. The number of hydrogen-bond acceptors (Lipinski definition) is 6. The van der Waals surface area contributed by atoms with E-state index in [9.17, 15) is 0 Å². The van der Waals surface area contributed by atoms with E-state index in [0.29, 0.717) is 11.8 Å². The predicted molar refractivity (Wildman–Crippen MR) is 127 cm³/mol. The summed E-state index contributed by atoms with van der Waals surface area (Å²) in [4.78, 5) is 16.0. The SMILES string of the molecule is CCN1CCCC(Nc2nc(-c3ccc(OC)c4ccccc34)nc(C(Cl)(Cl)Cl)n2)C1. The summed E-state index contributed by atoms with van der Waals surface area (Å²) >= 11 is 18.5. The summed E-state index contributed by atoms with van der Waals surface area (Å²) in [7, 11) is 1.65. The fraction of sp³-hybridized carbons (Fsp3) is 0.409. The first-order valence-electron chi connectivity index (χ1n) is 10.3. The molecule has 0 bridgehead atoms. The van der Waals surface area contributed by atoms with Crippen LogP contribution in [-0.2, 0) is 3.79 Å². The molecule has 0 saturated carbocycles. The molecular weight excluding hydrogens is 457 g/mol. The molecule has 9 heteroatoms. The highest BCUT2D eigenvalue weighted by atomic mass is 35.6. The van der Waals surface area contributed by atoms with Crippen LogP contribution in [0.4, 0.5) is 5.95 Å². The van der Waals surface area contributed by atoms with Gasteiger partial charge < -0.3 is 15.0 Å². The van der Waals surface area contributed by atoms with Gasteiger partial charge in [-0.2, -0.15) is 9.97 Å². The van der Waals surface area contributed by atoms with Crippen LogP contribution in [0.1, 0.15) is 25.6 Å². The van der Waals surface area contributed by atoms with Gasteiger partial charge in [-0.1, -0.05) is 66.0 Å². The number of aromatic nitrogens is 3. The minimum atomic E-state index is -1.77.